The second-order valence-electron chi connectivity index (χ2n) is 4.43. The summed E-state index contributed by atoms with van der Waals surface area (Å²) in [7, 11) is -3.54. The van der Waals surface area contributed by atoms with Crippen LogP contribution in [0, 0.1) is 0 Å². The summed E-state index contributed by atoms with van der Waals surface area (Å²) in [5.74, 6) is 0. The highest BCUT2D eigenvalue weighted by molar-refractivity contribution is 7.89. The molecule has 2 rings (SSSR count). The number of aliphatic hydroxyl groups is 1. The number of hydrogen-bond acceptors (Lipinski definition) is 4. The van der Waals surface area contributed by atoms with Gasteiger partial charge < -0.3 is 9.84 Å². The topological polar surface area (TPSA) is 75.6 Å². The Kier molecular flexibility index (Phi) is 4.01. The van der Waals surface area contributed by atoms with Crippen molar-refractivity contribution in [2.75, 3.05) is 13.2 Å². The smallest absolute Gasteiger partial charge is 0.240 e. The molecule has 1 aromatic rings. The fourth-order valence-corrected chi connectivity index (χ4v) is 3.17. The van der Waals surface area contributed by atoms with Crippen LogP contribution in [0.4, 0.5) is 0 Å². The first-order chi connectivity index (χ1) is 8.49. The Balaban J connectivity index is 2.20. The Hall–Kier alpha value is -0.950. The standard InChI is InChI=1S/C12H17NO4S/c1-9(14)10-3-2-4-12(7-10)18(15,16)13-11-5-6-17-8-11/h2-4,7,9,11,13-14H,5-6,8H2,1H3. The number of ether oxygens (including phenoxy) is 1. The molecule has 0 spiro atoms. The van der Waals surface area contributed by atoms with Crippen molar-refractivity contribution in [1.29, 1.82) is 0 Å². The van der Waals surface area contributed by atoms with Crippen LogP contribution in [-0.4, -0.2) is 32.8 Å². The molecule has 0 bridgehead atoms. The first-order valence-electron chi connectivity index (χ1n) is 5.87. The van der Waals surface area contributed by atoms with Crippen LogP contribution in [-0.2, 0) is 14.8 Å². The van der Waals surface area contributed by atoms with Gasteiger partial charge in [-0.3, -0.25) is 0 Å². The van der Waals surface area contributed by atoms with Crippen LogP contribution in [0.25, 0.3) is 0 Å². The number of benzene rings is 1. The van der Waals surface area contributed by atoms with Crippen molar-refractivity contribution < 1.29 is 18.3 Å². The predicted molar refractivity (Wildman–Crippen MR) is 66.6 cm³/mol. The third kappa shape index (κ3) is 3.08. The summed E-state index contributed by atoms with van der Waals surface area (Å²) >= 11 is 0. The van der Waals surface area contributed by atoms with E-state index in [1.165, 1.54) is 12.1 Å². The third-order valence-corrected chi connectivity index (χ3v) is 4.42. The van der Waals surface area contributed by atoms with E-state index in [4.69, 9.17) is 4.74 Å². The second-order valence-corrected chi connectivity index (χ2v) is 6.14. The van der Waals surface area contributed by atoms with Crippen molar-refractivity contribution >= 4 is 10.0 Å². The summed E-state index contributed by atoms with van der Waals surface area (Å²) in [6.45, 7) is 2.60. The second kappa shape index (κ2) is 5.36. The molecule has 2 N–H and O–H groups in total. The summed E-state index contributed by atoms with van der Waals surface area (Å²) in [4.78, 5) is 0.174. The van der Waals surface area contributed by atoms with E-state index in [0.717, 1.165) is 0 Å². The normalized spacial score (nSPS) is 22.0. The highest BCUT2D eigenvalue weighted by Crippen LogP contribution is 2.18. The van der Waals surface area contributed by atoms with E-state index in [9.17, 15) is 13.5 Å². The average Bonchev–Trinajstić information content (AvgIpc) is 2.81. The summed E-state index contributed by atoms with van der Waals surface area (Å²) in [6, 6.07) is 6.17. The zero-order valence-corrected chi connectivity index (χ0v) is 11.0. The molecule has 1 fully saturated rings. The zero-order chi connectivity index (χ0) is 13.2. The van der Waals surface area contributed by atoms with E-state index in [-0.39, 0.29) is 10.9 Å². The average molecular weight is 271 g/mol. The number of rotatable bonds is 4. The molecule has 0 radical (unpaired) electrons. The molecule has 18 heavy (non-hydrogen) atoms. The van der Waals surface area contributed by atoms with Crippen LogP contribution < -0.4 is 4.72 Å². The van der Waals surface area contributed by atoms with Crippen molar-refractivity contribution in [2.24, 2.45) is 0 Å². The molecule has 1 aliphatic heterocycles. The van der Waals surface area contributed by atoms with E-state index < -0.39 is 16.1 Å². The molecule has 0 amide bonds. The minimum Gasteiger partial charge on any atom is -0.389 e. The molecular formula is C12H17NO4S. The molecular weight excluding hydrogens is 254 g/mol. The lowest BCUT2D eigenvalue weighted by molar-refractivity contribution is 0.192. The van der Waals surface area contributed by atoms with Gasteiger partial charge in [-0.15, -0.1) is 0 Å². The van der Waals surface area contributed by atoms with Gasteiger partial charge in [0.2, 0.25) is 10.0 Å². The monoisotopic (exact) mass is 271 g/mol. The molecule has 1 saturated heterocycles. The van der Waals surface area contributed by atoms with E-state index in [2.05, 4.69) is 4.72 Å². The van der Waals surface area contributed by atoms with Gasteiger partial charge in [-0.25, -0.2) is 13.1 Å². The Morgan fingerprint density at radius 3 is 2.89 bits per heavy atom. The highest BCUT2D eigenvalue weighted by Gasteiger charge is 2.23. The van der Waals surface area contributed by atoms with E-state index in [1.807, 2.05) is 0 Å². The summed E-state index contributed by atoms with van der Waals surface area (Å²) in [6.07, 6.45) is 0.00459. The van der Waals surface area contributed by atoms with Crippen LogP contribution in [0.2, 0.25) is 0 Å². The first kappa shape index (κ1) is 13.5. The van der Waals surface area contributed by atoms with Crippen LogP contribution >= 0.6 is 0 Å². The summed E-state index contributed by atoms with van der Waals surface area (Å²) in [5.41, 5.74) is 0.584. The van der Waals surface area contributed by atoms with Gasteiger partial charge in [-0.1, -0.05) is 12.1 Å². The lowest BCUT2D eigenvalue weighted by Crippen LogP contribution is -2.35. The van der Waals surface area contributed by atoms with E-state index in [0.29, 0.717) is 25.2 Å². The molecule has 0 aliphatic carbocycles. The quantitative estimate of drug-likeness (QED) is 0.849. The van der Waals surface area contributed by atoms with Crippen molar-refractivity contribution in [2.45, 2.75) is 30.4 Å². The van der Waals surface area contributed by atoms with Crippen molar-refractivity contribution in [3.05, 3.63) is 29.8 Å². The fraction of sp³-hybridized carbons (Fsp3) is 0.500. The Bertz CT molecular complexity index is 507. The maximum atomic E-state index is 12.1. The number of sulfonamides is 1. The maximum absolute atomic E-state index is 12.1. The van der Waals surface area contributed by atoms with Gasteiger partial charge in [-0.05, 0) is 31.0 Å². The Morgan fingerprint density at radius 2 is 2.28 bits per heavy atom. The molecule has 100 valence electrons. The van der Waals surface area contributed by atoms with Gasteiger partial charge in [0.25, 0.3) is 0 Å². The van der Waals surface area contributed by atoms with Crippen LogP contribution in [0.5, 0.6) is 0 Å². The number of aliphatic hydroxyl groups excluding tert-OH is 1. The van der Waals surface area contributed by atoms with Gasteiger partial charge in [0.15, 0.2) is 0 Å². The number of nitrogens with one attached hydrogen (secondary N) is 1. The lowest BCUT2D eigenvalue weighted by Gasteiger charge is -2.12. The summed E-state index contributed by atoms with van der Waals surface area (Å²) in [5, 5.41) is 9.46. The van der Waals surface area contributed by atoms with E-state index >= 15 is 0 Å². The van der Waals surface area contributed by atoms with Gasteiger partial charge in [-0.2, -0.15) is 0 Å². The van der Waals surface area contributed by atoms with Gasteiger partial charge in [0, 0.05) is 12.6 Å². The number of hydrogen-bond donors (Lipinski definition) is 2. The molecule has 6 heteroatoms. The van der Waals surface area contributed by atoms with Gasteiger partial charge in [0.1, 0.15) is 0 Å². The van der Waals surface area contributed by atoms with Crippen molar-refractivity contribution in [3.63, 3.8) is 0 Å². The van der Waals surface area contributed by atoms with Crippen molar-refractivity contribution in [1.82, 2.24) is 4.72 Å². The molecule has 0 saturated carbocycles. The minimum absolute atomic E-state index is 0.162. The lowest BCUT2D eigenvalue weighted by atomic mass is 10.1. The summed E-state index contributed by atoms with van der Waals surface area (Å²) < 4.78 is 32.0. The van der Waals surface area contributed by atoms with Crippen LogP contribution in [0.3, 0.4) is 0 Å². The third-order valence-electron chi connectivity index (χ3n) is 2.90. The molecule has 2 unspecified atom stereocenters. The molecule has 2 atom stereocenters. The van der Waals surface area contributed by atoms with Crippen molar-refractivity contribution in [3.8, 4) is 0 Å². The Labute approximate surface area is 107 Å². The largest absolute Gasteiger partial charge is 0.389 e. The zero-order valence-electron chi connectivity index (χ0n) is 10.2. The van der Waals surface area contributed by atoms with Gasteiger partial charge in [0.05, 0.1) is 17.6 Å². The van der Waals surface area contributed by atoms with Crippen LogP contribution in [0.1, 0.15) is 25.0 Å². The molecule has 5 nitrogen and oxygen atoms in total. The molecule has 1 aliphatic rings. The first-order valence-corrected chi connectivity index (χ1v) is 7.35. The predicted octanol–water partition coefficient (Wildman–Crippen LogP) is 0.807. The van der Waals surface area contributed by atoms with Gasteiger partial charge >= 0.3 is 0 Å². The minimum atomic E-state index is -3.54. The molecule has 0 aromatic heterocycles. The highest BCUT2D eigenvalue weighted by atomic mass is 32.2. The maximum Gasteiger partial charge on any atom is 0.240 e. The fourth-order valence-electron chi connectivity index (χ4n) is 1.86. The Morgan fingerprint density at radius 1 is 1.50 bits per heavy atom. The molecule has 1 heterocycles. The molecule has 1 aromatic carbocycles. The van der Waals surface area contributed by atoms with E-state index in [1.54, 1.807) is 19.1 Å². The SMILES string of the molecule is CC(O)c1cccc(S(=O)(=O)NC2CCOC2)c1. The van der Waals surface area contributed by atoms with Crippen LogP contribution in [0.15, 0.2) is 29.2 Å².